The minimum Gasteiger partial charge on any atom is -0.507 e. The molecule has 0 aliphatic rings. The topological polar surface area (TPSA) is 20.2 Å². The van der Waals surface area contributed by atoms with Crippen molar-refractivity contribution in [1.29, 1.82) is 0 Å². The first-order valence-corrected chi connectivity index (χ1v) is 3.45. The number of phenolic OH excluding ortho intramolecular Hbond substituents is 1. The van der Waals surface area contributed by atoms with Crippen molar-refractivity contribution in [2.24, 2.45) is 0 Å². The molecule has 1 aromatic rings. The highest BCUT2D eigenvalue weighted by atomic mass is 32.1. The van der Waals surface area contributed by atoms with Gasteiger partial charge in [-0.3, -0.25) is 0 Å². The molecular formula is C8H8OS. The SMILES string of the molecule is Oc1ccccc1/C=C/S. The van der Waals surface area contributed by atoms with Crippen LogP contribution in [0, 0.1) is 0 Å². The smallest absolute Gasteiger partial charge is 0.122 e. The molecule has 0 aliphatic heterocycles. The minimum absolute atomic E-state index is 0.285. The van der Waals surface area contributed by atoms with E-state index in [1.165, 1.54) is 0 Å². The van der Waals surface area contributed by atoms with Crippen LogP contribution in [0.2, 0.25) is 0 Å². The van der Waals surface area contributed by atoms with Gasteiger partial charge in [0, 0.05) is 5.56 Å². The number of para-hydroxylation sites is 1. The lowest BCUT2D eigenvalue weighted by Crippen LogP contribution is -1.70. The molecule has 52 valence electrons. The molecule has 10 heavy (non-hydrogen) atoms. The zero-order chi connectivity index (χ0) is 7.40. The van der Waals surface area contributed by atoms with Gasteiger partial charge in [0.15, 0.2) is 0 Å². The maximum Gasteiger partial charge on any atom is 0.122 e. The van der Waals surface area contributed by atoms with Gasteiger partial charge in [-0.2, -0.15) is 12.6 Å². The fourth-order valence-electron chi connectivity index (χ4n) is 0.709. The molecule has 0 radical (unpaired) electrons. The third-order valence-corrected chi connectivity index (χ3v) is 1.34. The van der Waals surface area contributed by atoms with Gasteiger partial charge in [0.25, 0.3) is 0 Å². The van der Waals surface area contributed by atoms with Gasteiger partial charge in [0.2, 0.25) is 0 Å². The third kappa shape index (κ3) is 1.54. The standard InChI is InChI=1S/C8H8OS/c9-8-4-2-1-3-7(8)5-6-10/h1-6,9-10H/b6-5+. The molecule has 1 N–H and O–H groups in total. The van der Waals surface area contributed by atoms with E-state index < -0.39 is 0 Å². The zero-order valence-corrected chi connectivity index (χ0v) is 6.25. The van der Waals surface area contributed by atoms with Crippen LogP contribution >= 0.6 is 12.6 Å². The highest BCUT2D eigenvalue weighted by Crippen LogP contribution is 2.16. The lowest BCUT2D eigenvalue weighted by Gasteiger charge is -1.94. The summed E-state index contributed by atoms with van der Waals surface area (Å²) in [5, 5.41) is 10.7. The molecule has 0 heterocycles. The highest BCUT2D eigenvalue weighted by Gasteiger charge is 1.91. The molecule has 0 aliphatic carbocycles. The number of hydrogen-bond acceptors (Lipinski definition) is 2. The van der Waals surface area contributed by atoms with Gasteiger partial charge >= 0.3 is 0 Å². The van der Waals surface area contributed by atoms with Crippen molar-refractivity contribution in [1.82, 2.24) is 0 Å². The second-order valence-electron chi connectivity index (χ2n) is 1.87. The maximum atomic E-state index is 9.16. The van der Waals surface area contributed by atoms with Crippen LogP contribution in [-0.2, 0) is 0 Å². The zero-order valence-electron chi connectivity index (χ0n) is 5.36. The Hall–Kier alpha value is -0.890. The fourth-order valence-corrected chi connectivity index (χ4v) is 0.869. The predicted octanol–water partition coefficient (Wildman–Crippen LogP) is 2.29. The van der Waals surface area contributed by atoms with E-state index in [1.807, 2.05) is 12.1 Å². The van der Waals surface area contributed by atoms with E-state index in [-0.39, 0.29) is 5.75 Å². The normalized spacial score (nSPS) is 10.5. The summed E-state index contributed by atoms with van der Waals surface area (Å²) in [6, 6.07) is 7.11. The van der Waals surface area contributed by atoms with Gasteiger partial charge in [-0.25, -0.2) is 0 Å². The summed E-state index contributed by atoms with van der Waals surface area (Å²) >= 11 is 3.89. The van der Waals surface area contributed by atoms with E-state index in [9.17, 15) is 0 Å². The lowest BCUT2D eigenvalue weighted by atomic mass is 10.2. The van der Waals surface area contributed by atoms with Crippen LogP contribution in [0.15, 0.2) is 29.7 Å². The summed E-state index contributed by atoms with van der Waals surface area (Å²) in [5.74, 6) is 0.285. The number of benzene rings is 1. The van der Waals surface area contributed by atoms with Crippen molar-refractivity contribution in [3.05, 3.63) is 35.2 Å². The van der Waals surface area contributed by atoms with Crippen LogP contribution in [0.5, 0.6) is 5.75 Å². The molecule has 1 rings (SSSR count). The molecule has 0 saturated carbocycles. The number of phenols is 1. The molecule has 0 aromatic heterocycles. The molecule has 0 fully saturated rings. The predicted molar refractivity (Wildman–Crippen MR) is 46.1 cm³/mol. The Kier molecular flexibility index (Phi) is 2.40. The molecule has 0 amide bonds. The third-order valence-electron chi connectivity index (χ3n) is 1.19. The Labute approximate surface area is 65.4 Å². The largest absolute Gasteiger partial charge is 0.507 e. The van der Waals surface area contributed by atoms with Gasteiger partial charge < -0.3 is 5.11 Å². The first-order valence-electron chi connectivity index (χ1n) is 2.93. The van der Waals surface area contributed by atoms with E-state index in [0.717, 1.165) is 5.56 Å². The molecule has 0 spiro atoms. The molecule has 0 saturated heterocycles. The molecule has 0 unspecified atom stereocenters. The maximum absolute atomic E-state index is 9.16. The van der Waals surface area contributed by atoms with Gasteiger partial charge in [-0.1, -0.05) is 18.2 Å². The Balaban J connectivity index is 3.03. The molecule has 0 atom stereocenters. The van der Waals surface area contributed by atoms with Crippen molar-refractivity contribution in [3.8, 4) is 5.75 Å². The van der Waals surface area contributed by atoms with Gasteiger partial charge in [0.05, 0.1) is 0 Å². The van der Waals surface area contributed by atoms with Crippen molar-refractivity contribution >= 4 is 18.7 Å². The Morgan fingerprint density at radius 2 is 2.00 bits per heavy atom. The van der Waals surface area contributed by atoms with E-state index >= 15 is 0 Å². The van der Waals surface area contributed by atoms with Gasteiger partial charge in [-0.15, -0.1) is 0 Å². The molecule has 0 bridgehead atoms. The van der Waals surface area contributed by atoms with E-state index in [0.29, 0.717) is 0 Å². The first kappa shape index (κ1) is 7.22. The minimum atomic E-state index is 0.285. The molecular weight excluding hydrogens is 144 g/mol. The average Bonchev–Trinajstić information content (AvgIpc) is 1.94. The number of rotatable bonds is 1. The van der Waals surface area contributed by atoms with E-state index in [2.05, 4.69) is 12.6 Å². The van der Waals surface area contributed by atoms with Crippen LogP contribution < -0.4 is 0 Å². The fraction of sp³-hybridized carbons (Fsp3) is 0. The first-order chi connectivity index (χ1) is 4.84. The van der Waals surface area contributed by atoms with Crippen molar-refractivity contribution < 1.29 is 5.11 Å². The lowest BCUT2D eigenvalue weighted by molar-refractivity contribution is 0.474. The second kappa shape index (κ2) is 3.32. The Morgan fingerprint density at radius 3 is 2.60 bits per heavy atom. The summed E-state index contributed by atoms with van der Waals surface area (Å²) in [6.45, 7) is 0. The van der Waals surface area contributed by atoms with Crippen molar-refractivity contribution in [2.75, 3.05) is 0 Å². The summed E-state index contributed by atoms with van der Waals surface area (Å²) in [7, 11) is 0. The summed E-state index contributed by atoms with van der Waals surface area (Å²) < 4.78 is 0. The number of thiol groups is 1. The van der Waals surface area contributed by atoms with Crippen molar-refractivity contribution in [2.45, 2.75) is 0 Å². The van der Waals surface area contributed by atoms with Crippen LogP contribution in [0.25, 0.3) is 6.08 Å². The Bertz CT molecular complexity index is 243. The molecule has 2 heteroatoms. The van der Waals surface area contributed by atoms with Crippen LogP contribution in [0.1, 0.15) is 5.56 Å². The second-order valence-corrected chi connectivity index (χ2v) is 2.17. The Morgan fingerprint density at radius 1 is 1.30 bits per heavy atom. The van der Waals surface area contributed by atoms with Crippen molar-refractivity contribution in [3.63, 3.8) is 0 Å². The number of aromatic hydroxyl groups is 1. The van der Waals surface area contributed by atoms with Gasteiger partial charge in [-0.05, 0) is 17.6 Å². The summed E-state index contributed by atoms with van der Waals surface area (Å²) in [4.78, 5) is 0. The van der Waals surface area contributed by atoms with Crippen LogP contribution in [0.4, 0.5) is 0 Å². The van der Waals surface area contributed by atoms with Gasteiger partial charge in [0.1, 0.15) is 5.75 Å². The van der Waals surface area contributed by atoms with E-state index in [4.69, 9.17) is 5.11 Å². The average molecular weight is 152 g/mol. The van der Waals surface area contributed by atoms with Crippen LogP contribution in [0.3, 0.4) is 0 Å². The number of hydrogen-bond donors (Lipinski definition) is 2. The molecule has 1 aromatic carbocycles. The quantitative estimate of drug-likeness (QED) is 0.591. The molecule has 1 nitrogen and oxygen atoms in total. The van der Waals surface area contributed by atoms with Crippen LogP contribution in [-0.4, -0.2) is 5.11 Å². The monoisotopic (exact) mass is 152 g/mol. The highest BCUT2D eigenvalue weighted by molar-refractivity contribution is 7.83. The summed E-state index contributed by atoms with van der Waals surface area (Å²) in [5.41, 5.74) is 0.789. The van der Waals surface area contributed by atoms with E-state index in [1.54, 1.807) is 23.6 Å². The summed E-state index contributed by atoms with van der Waals surface area (Å²) in [6.07, 6.45) is 1.73.